The van der Waals surface area contributed by atoms with Gasteiger partial charge in [0.2, 0.25) is 23.6 Å². The van der Waals surface area contributed by atoms with E-state index < -0.39 is 24.0 Å². The van der Waals surface area contributed by atoms with Gasteiger partial charge in [-0.1, -0.05) is 46.2 Å². The molecule has 1 aromatic carbocycles. The molecule has 3 unspecified atom stereocenters. The van der Waals surface area contributed by atoms with Gasteiger partial charge in [0.1, 0.15) is 28.9 Å². The van der Waals surface area contributed by atoms with Gasteiger partial charge in [0, 0.05) is 51.8 Å². The molecule has 1 aromatic heterocycles. The summed E-state index contributed by atoms with van der Waals surface area (Å²) < 4.78 is 10.5. The van der Waals surface area contributed by atoms with Crippen LogP contribution >= 0.6 is 11.3 Å². The molecule has 3 rings (SSSR count). The molecule has 2 aromatic rings. The summed E-state index contributed by atoms with van der Waals surface area (Å²) in [6.07, 6.45) is 6.10. The van der Waals surface area contributed by atoms with Crippen molar-refractivity contribution in [1.82, 2.24) is 24.6 Å². The number of nitrogens with zero attached hydrogens (tertiary/aromatic N) is 5. The zero-order chi connectivity index (χ0) is 36.4. The Morgan fingerprint density at radius 1 is 1.00 bits per heavy atom. The topological polar surface area (TPSA) is 113 Å². The number of hydrogen-bond acceptors (Lipinski definition) is 8. The minimum absolute atomic E-state index is 0.0647. The number of amides is 4. The highest BCUT2D eigenvalue weighted by molar-refractivity contribution is 7.09. The van der Waals surface area contributed by atoms with Gasteiger partial charge < -0.3 is 29.1 Å². The number of allylic oxidation sites excluding steroid dienone is 1. The highest BCUT2D eigenvalue weighted by atomic mass is 32.1. The molecular weight excluding hydrogens is 643 g/mol. The largest absolute Gasteiger partial charge is 0.501 e. The fourth-order valence-electron chi connectivity index (χ4n) is 6.37. The number of hydrogen-bond donors (Lipinski definition) is 0. The molecule has 49 heavy (non-hydrogen) atoms. The van der Waals surface area contributed by atoms with E-state index in [4.69, 9.17) is 9.47 Å². The van der Waals surface area contributed by atoms with Gasteiger partial charge in [-0.3, -0.25) is 19.2 Å². The van der Waals surface area contributed by atoms with Gasteiger partial charge >= 0.3 is 0 Å². The maximum absolute atomic E-state index is 14.6. The molecule has 1 fully saturated rings. The monoisotopic (exact) mass is 697 g/mol. The van der Waals surface area contributed by atoms with Crippen LogP contribution in [0.3, 0.4) is 0 Å². The predicted molar refractivity (Wildman–Crippen MR) is 192 cm³/mol. The van der Waals surface area contributed by atoms with Crippen molar-refractivity contribution in [1.29, 1.82) is 0 Å². The Hall–Kier alpha value is -3.93. The first-order chi connectivity index (χ1) is 23.2. The van der Waals surface area contributed by atoms with Crippen LogP contribution in [-0.4, -0.2) is 108 Å². The molecule has 12 heteroatoms. The lowest BCUT2D eigenvalue weighted by Gasteiger charge is -2.40. The number of thiazole rings is 1. The lowest BCUT2D eigenvalue weighted by Crippen LogP contribution is -2.59. The number of rotatable bonds is 16. The first kappa shape index (κ1) is 39.5. The van der Waals surface area contributed by atoms with E-state index in [0.717, 1.165) is 23.4 Å². The zero-order valence-corrected chi connectivity index (χ0v) is 31.7. The zero-order valence-electron chi connectivity index (χ0n) is 30.8. The van der Waals surface area contributed by atoms with Crippen LogP contribution < -0.4 is 4.74 Å². The maximum atomic E-state index is 14.6. The summed E-state index contributed by atoms with van der Waals surface area (Å²) >= 11 is 1.54. The summed E-state index contributed by atoms with van der Waals surface area (Å²) in [4.78, 5) is 67.6. The van der Waals surface area contributed by atoms with Crippen molar-refractivity contribution in [2.45, 2.75) is 90.9 Å². The summed E-state index contributed by atoms with van der Waals surface area (Å²) in [7, 11) is 7.95. The van der Waals surface area contributed by atoms with E-state index in [1.54, 1.807) is 46.3 Å². The summed E-state index contributed by atoms with van der Waals surface area (Å²) in [5.41, 5.74) is 0.825. The van der Waals surface area contributed by atoms with Crippen LogP contribution in [0.5, 0.6) is 5.75 Å². The van der Waals surface area contributed by atoms with Gasteiger partial charge in [0.15, 0.2) is 0 Å². The Kier molecular flexibility index (Phi) is 14.7. The summed E-state index contributed by atoms with van der Waals surface area (Å²) in [5.74, 6) is -0.148. The quantitative estimate of drug-likeness (QED) is 0.176. The Bertz CT molecular complexity index is 1430. The van der Waals surface area contributed by atoms with Crippen LogP contribution in [0.4, 0.5) is 0 Å². The van der Waals surface area contributed by atoms with Crippen LogP contribution in [0.15, 0.2) is 47.7 Å². The molecule has 0 aliphatic carbocycles. The molecule has 0 radical (unpaired) electrons. The van der Waals surface area contributed by atoms with E-state index in [-0.39, 0.29) is 42.0 Å². The molecule has 5 atom stereocenters. The highest BCUT2D eigenvalue weighted by Crippen LogP contribution is 2.35. The highest BCUT2D eigenvalue weighted by Gasteiger charge is 2.43. The predicted octanol–water partition coefficient (Wildman–Crippen LogP) is 5.18. The van der Waals surface area contributed by atoms with E-state index in [1.165, 1.54) is 34.3 Å². The van der Waals surface area contributed by atoms with Crippen molar-refractivity contribution in [3.05, 3.63) is 58.2 Å². The van der Waals surface area contributed by atoms with Gasteiger partial charge in [0.05, 0.1) is 26.0 Å². The average Bonchev–Trinajstić information content (AvgIpc) is 3.81. The van der Waals surface area contributed by atoms with E-state index >= 15 is 0 Å². The van der Waals surface area contributed by atoms with E-state index in [1.807, 2.05) is 62.2 Å². The molecule has 0 saturated carbocycles. The number of ether oxygens (including phenoxy) is 2. The van der Waals surface area contributed by atoms with Crippen LogP contribution in [0.25, 0.3) is 0 Å². The van der Waals surface area contributed by atoms with Gasteiger partial charge in [-0.05, 0) is 55.7 Å². The number of carbonyl (C=O) groups is 4. The van der Waals surface area contributed by atoms with Gasteiger partial charge in [-0.15, -0.1) is 11.3 Å². The van der Waals surface area contributed by atoms with Crippen molar-refractivity contribution in [2.75, 3.05) is 41.9 Å². The Labute approximate surface area is 296 Å². The SMILES string of the molecule is CC[C@@H](C)[C@H](C(=O)N1CCCC1c1nccs1)N(C)C(=O)C(CC(C)C)N(C)C(=O)C(Cc1ccc(OC)cc1)N(C)C(=O)/C=C(\C)OC. The normalized spacial score (nSPS) is 17.2. The van der Waals surface area contributed by atoms with Crippen LogP contribution in [0.2, 0.25) is 0 Å². The number of benzene rings is 1. The van der Waals surface area contributed by atoms with Crippen molar-refractivity contribution in [3.63, 3.8) is 0 Å². The Morgan fingerprint density at radius 3 is 2.20 bits per heavy atom. The lowest BCUT2D eigenvalue weighted by molar-refractivity contribution is -0.154. The van der Waals surface area contributed by atoms with E-state index in [9.17, 15) is 19.2 Å². The maximum Gasteiger partial charge on any atom is 0.250 e. The molecule has 0 spiro atoms. The second-order valence-corrected chi connectivity index (χ2v) is 14.3. The minimum atomic E-state index is -0.921. The molecule has 270 valence electrons. The number of aromatic nitrogens is 1. The molecule has 4 amide bonds. The molecule has 2 heterocycles. The first-order valence-corrected chi connectivity index (χ1v) is 18.0. The van der Waals surface area contributed by atoms with E-state index in [2.05, 4.69) is 4.98 Å². The van der Waals surface area contributed by atoms with Gasteiger partial charge in [-0.2, -0.15) is 0 Å². The van der Waals surface area contributed by atoms with Gasteiger partial charge in [0.25, 0.3) is 0 Å². The molecule has 1 saturated heterocycles. The minimum Gasteiger partial charge on any atom is -0.501 e. The van der Waals surface area contributed by atoms with Crippen LogP contribution in [0, 0.1) is 11.8 Å². The molecule has 0 bridgehead atoms. The molecule has 11 nitrogen and oxygen atoms in total. The third-order valence-electron chi connectivity index (χ3n) is 9.61. The second kappa shape index (κ2) is 18.2. The fourth-order valence-corrected chi connectivity index (χ4v) is 7.15. The third-order valence-corrected chi connectivity index (χ3v) is 10.5. The van der Waals surface area contributed by atoms with Crippen molar-refractivity contribution in [2.24, 2.45) is 11.8 Å². The van der Waals surface area contributed by atoms with Gasteiger partial charge in [-0.25, -0.2) is 4.98 Å². The molecule has 1 aliphatic rings. The number of methoxy groups -OCH3 is 2. The molecular formula is C37H55N5O6S. The fraction of sp³-hybridized carbons (Fsp3) is 0.595. The Balaban J connectivity index is 1.97. The van der Waals surface area contributed by atoms with Crippen molar-refractivity contribution < 1.29 is 28.7 Å². The standard InChI is InChI=1S/C37H55N5O6S/c1-11-25(4)33(37(46)42-19-12-13-29(42)34-38-18-20-49-34)41(8)36(45)30(21-24(2)3)40(7)35(44)31(39(6)32(43)22-26(5)47-9)23-27-14-16-28(48-10)17-15-27/h14-18,20,22,24-25,29-31,33H,11-13,19,21,23H2,1-10H3/b26-22+/t25-,29?,30?,31?,33-/m1/s1. The first-order valence-electron chi connectivity index (χ1n) is 17.1. The smallest absolute Gasteiger partial charge is 0.250 e. The number of carbonyl (C=O) groups excluding carboxylic acids is 4. The Morgan fingerprint density at radius 2 is 1.65 bits per heavy atom. The number of likely N-dealkylation sites (tertiary alicyclic amines) is 1. The summed E-state index contributed by atoms with van der Waals surface area (Å²) in [5, 5.41) is 2.83. The third kappa shape index (κ3) is 9.83. The van der Waals surface area contributed by atoms with Crippen LogP contribution in [-0.2, 0) is 30.3 Å². The molecule has 0 N–H and O–H groups in total. The summed E-state index contributed by atoms with van der Waals surface area (Å²) in [6, 6.07) is 4.74. The van der Waals surface area contributed by atoms with Crippen molar-refractivity contribution in [3.8, 4) is 5.75 Å². The van der Waals surface area contributed by atoms with E-state index in [0.29, 0.717) is 30.9 Å². The summed E-state index contributed by atoms with van der Waals surface area (Å²) in [6.45, 7) is 10.3. The van der Waals surface area contributed by atoms with Crippen LogP contribution in [0.1, 0.15) is 76.9 Å². The average molecular weight is 698 g/mol. The van der Waals surface area contributed by atoms with Crippen molar-refractivity contribution >= 4 is 35.0 Å². The second-order valence-electron chi connectivity index (χ2n) is 13.4. The molecule has 1 aliphatic heterocycles. The number of likely N-dealkylation sites (N-methyl/N-ethyl adjacent to an activating group) is 3. The lowest BCUT2D eigenvalue weighted by atomic mass is 9.93.